The molecule has 0 aromatic carbocycles. The van der Waals surface area contributed by atoms with Crippen molar-refractivity contribution in [1.82, 2.24) is 29.9 Å². The predicted octanol–water partition coefficient (Wildman–Crippen LogP) is 3.05. The summed E-state index contributed by atoms with van der Waals surface area (Å²) in [6, 6.07) is 3.25. The summed E-state index contributed by atoms with van der Waals surface area (Å²) < 4.78 is 32.8. The lowest BCUT2D eigenvalue weighted by Gasteiger charge is -2.61. The molecular formula is C21H23ClFN7O4. The quantitative estimate of drug-likeness (QED) is 0.430. The van der Waals surface area contributed by atoms with Gasteiger partial charge in [-0.15, -0.1) is 0 Å². The van der Waals surface area contributed by atoms with Gasteiger partial charge >= 0.3 is 6.09 Å². The lowest BCUT2D eigenvalue weighted by atomic mass is 9.50. The van der Waals surface area contributed by atoms with Gasteiger partial charge in [-0.05, 0) is 25.2 Å². The molecule has 7 rings (SSSR count). The van der Waals surface area contributed by atoms with Crippen LogP contribution in [0.3, 0.4) is 0 Å². The fourth-order valence-corrected chi connectivity index (χ4v) is 5.11. The molecule has 0 unspecified atom stereocenters. The number of ether oxygens (including phenoxy) is 3. The van der Waals surface area contributed by atoms with Crippen LogP contribution in [0.2, 0.25) is 5.15 Å². The average Bonchev–Trinajstić information content (AvgIpc) is 3.44. The van der Waals surface area contributed by atoms with Gasteiger partial charge in [-0.25, -0.2) is 19.2 Å². The molecule has 3 aromatic rings. The minimum absolute atomic E-state index is 0.0373. The zero-order valence-electron chi connectivity index (χ0n) is 18.3. The number of aromatic amines is 1. The van der Waals surface area contributed by atoms with Crippen molar-refractivity contribution in [2.24, 2.45) is 5.92 Å². The molecule has 4 heterocycles. The van der Waals surface area contributed by atoms with Crippen molar-refractivity contribution in [1.29, 1.82) is 0 Å². The summed E-state index contributed by atoms with van der Waals surface area (Å²) in [6.07, 6.45) is 0.663. The Hall–Kier alpha value is -2.96. The van der Waals surface area contributed by atoms with Crippen LogP contribution in [-0.4, -0.2) is 62.2 Å². The number of alkyl halides is 1. The van der Waals surface area contributed by atoms with Crippen molar-refractivity contribution in [3.63, 3.8) is 0 Å². The molecule has 3 aromatic heterocycles. The molecule has 4 aliphatic rings. The van der Waals surface area contributed by atoms with Gasteiger partial charge < -0.3 is 24.8 Å². The van der Waals surface area contributed by atoms with E-state index in [0.717, 1.165) is 25.2 Å². The molecule has 13 heteroatoms. The number of nitrogens with zero attached hydrogens (tertiary/aromatic N) is 4. The van der Waals surface area contributed by atoms with Crippen molar-refractivity contribution >= 4 is 35.1 Å². The van der Waals surface area contributed by atoms with Crippen LogP contribution in [0.25, 0.3) is 5.65 Å². The number of H-pyrrole nitrogens is 1. The number of methoxy groups -OCH3 is 1. The predicted molar refractivity (Wildman–Crippen MR) is 118 cm³/mol. The van der Waals surface area contributed by atoms with Crippen molar-refractivity contribution < 1.29 is 23.4 Å². The molecule has 1 amide bonds. The van der Waals surface area contributed by atoms with Gasteiger partial charge in [0.1, 0.15) is 16.9 Å². The van der Waals surface area contributed by atoms with E-state index in [1.54, 1.807) is 29.8 Å². The van der Waals surface area contributed by atoms with Gasteiger partial charge in [0.05, 0.1) is 24.6 Å². The van der Waals surface area contributed by atoms with Crippen LogP contribution in [0, 0.1) is 5.92 Å². The molecule has 1 saturated heterocycles. The summed E-state index contributed by atoms with van der Waals surface area (Å²) in [5.41, 5.74) is 1.58. The van der Waals surface area contributed by atoms with E-state index in [1.165, 1.54) is 0 Å². The molecule has 1 aliphatic heterocycles. The van der Waals surface area contributed by atoms with E-state index in [4.69, 9.17) is 25.8 Å². The van der Waals surface area contributed by atoms with Gasteiger partial charge in [0, 0.05) is 31.0 Å². The SMILES string of the molecule is COCc1cn2c(Nc3cc([C@@H]4OC[C@H](OC(=O)NC56CC(C5)C6)[C@H]4F)[nH]n3)nc(Cl)cc2n1. The average molecular weight is 492 g/mol. The Balaban J connectivity index is 1.12. The second-order valence-electron chi connectivity index (χ2n) is 9.16. The number of halogens is 2. The number of hydrogen-bond donors (Lipinski definition) is 3. The minimum atomic E-state index is -1.53. The highest BCUT2D eigenvalue weighted by molar-refractivity contribution is 6.29. The smallest absolute Gasteiger partial charge is 0.408 e. The minimum Gasteiger partial charge on any atom is -0.441 e. The lowest BCUT2D eigenvalue weighted by molar-refractivity contribution is -0.0528. The van der Waals surface area contributed by atoms with Crippen LogP contribution in [0.15, 0.2) is 18.3 Å². The maximum absolute atomic E-state index is 15.1. The van der Waals surface area contributed by atoms with Crippen molar-refractivity contribution in [2.75, 3.05) is 19.0 Å². The van der Waals surface area contributed by atoms with Gasteiger partial charge in [-0.3, -0.25) is 9.50 Å². The van der Waals surface area contributed by atoms with E-state index >= 15 is 4.39 Å². The molecular weight excluding hydrogens is 469 g/mol. The summed E-state index contributed by atoms with van der Waals surface area (Å²) >= 11 is 6.14. The number of aromatic nitrogens is 5. The highest BCUT2D eigenvalue weighted by Gasteiger charge is 2.58. The monoisotopic (exact) mass is 491 g/mol. The number of rotatable bonds is 7. The Bertz CT molecular complexity index is 1230. The molecule has 11 nitrogen and oxygen atoms in total. The fraction of sp³-hybridized carbons (Fsp3) is 0.524. The summed E-state index contributed by atoms with van der Waals surface area (Å²) in [5.74, 6) is 1.48. The zero-order valence-corrected chi connectivity index (χ0v) is 19.0. The third-order valence-corrected chi connectivity index (χ3v) is 6.85. The second-order valence-corrected chi connectivity index (χ2v) is 9.54. The number of carbonyl (C=O) groups excluding carboxylic acids is 1. The molecule has 0 spiro atoms. The summed E-state index contributed by atoms with van der Waals surface area (Å²) in [6.45, 7) is 0.301. The van der Waals surface area contributed by atoms with E-state index in [2.05, 4.69) is 30.8 Å². The van der Waals surface area contributed by atoms with Crippen LogP contribution in [0.4, 0.5) is 21.0 Å². The highest BCUT2D eigenvalue weighted by Crippen LogP contribution is 2.57. The maximum atomic E-state index is 15.1. The normalized spacial score (nSPS) is 29.5. The molecule has 3 atom stereocenters. The van der Waals surface area contributed by atoms with Crippen LogP contribution >= 0.6 is 11.6 Å². The number of fused-ring (bicyclic) bond motifs is 1. The first-order valence-electron chi connectivity index (χ1n) is 11.0. The number of alkyl carbamates (subject to hydrolysis) is 1. The number of nitrogens with one attached hydrogen (secondary N) is 3. The van der Waals surface area contributed by atoms with Crippen LogP contribution < -0.4 is 10.6 Å². The second kappa shape index (κ2) is 8.07. The number of anilines is 2. The number of amides is 1. The molecule has 3 N–H and O–H groups in total. The van der Waals surface area contributed by atoms with Crippen LogP contribution in [-0.2, 0) is 20.8 Å². The Morgan fingerprint density at radius 3 is 2.94 bits per heavy atom. The molecule has 180 valence electrons. The van der Waals surface area contributed by atoms with Crippen LogP contribution in [0.1, 0.15) is 36.8 Å². The largest absolute Gasteiger partial charge is 0.441 e. The van der Waals surface area contributed by atoms with Crippen molar-refractivity contribution in [3.05, 3.63) is 34.9 Å². The summed E-state index contributed by atoms with van der Waals surface area (Å²) in [5, 5.41) is 13.2. The topological polar surface area (TPSA) is 128 Å². The zero-order chi connectivity index (χ0) is 23.4. The molecule has 3 aliphatic carbocycles. The van der Waals surface area contributed by atoms with Gasteiger partial charge in [-0.1, -0.05) is 11.6 Å². The first-order chi connectivity index (χ1) is 16.4. The first-order valence-corrected chi connectivity index (χ1v) is 11.4. The van der Waals surface area contributed by atoms with Gasteiger partial charge in [-0.2, -0.15) is 5.10 Å². The molecule has 4 fully saturated rings. The number of hydrogen-bond acceptors (Lipinski definition) is 8. The molecule has 34 heavy (non-hydrogen) atoms. The Morgan fingerprint density at radius 2 is 2.21 bits per heavy atom. The highest BCUT2D eigenvalue weighted by atomic mass is 35.5. The van der Waals surface area contributed by atoms with E-state index in [0.29, 0.717) is 35.4 Å². The molecule has 0 radical (unpaired) electrons. The van der Waals surface area contributed by atoms with E-state index in [9.17, 15) is 4.79 Å². The first kappa shape index (κ1) is 21.6. The summed E-state index contributed by atoms with van der Waals surface area (Å²) in [7, 11) is 1.58. The Kier molecular flexibility index (Phi) is 5.12. The Labute approximate surface area is 198 Å². The van der Waals surface area contributed by atoms with Gasteiger partial charge in [0.2, 0.25) is 5.95 Å². The lowest BCUT2D eigenvalue weighted by Crippen LogP contribution is -2.68. The maximum Gasteiger partial charge on any atom is 0.408 e. The number of imidazole rings is 1. The van der Waals surface area contributed by atoms with Gasteiger partial charge in [0.15, 0.2) is 18.1 Å². The molecule has 3 saturated carbocycles. The van der Waals surface area contributed by atoms with Gasteiger partial charge in [0.25, 0.3) is 0 Å². The van der Waals surface area contributed by atoms with E-state index < -0.39 is 24.5 Å². The number of carbonyl (C=O) groups is 1. The van der Waals surface area contributed by atoms with Crippen molar-refractivity contribution in [2.45, 2.75) is 49.8 Å². The fourth-order valence-electron chi connectivity index (χ4n) is 4.93. The standard InChI is InChI=1S/C21H23ClFN7O4/c1-32-8-11-7-30-16(24-11)3-14(22)25-19(30)26-15-2-12(28-29-15)18-17(23)13(9-33-18)34-20(31)27-21-4-10(5-21)6-21/h2-3,7,10,13,17-18H,4-6,8-9H2,1H3,(H,27,31)(H2,25,26,28,29)/t10?,13-,17+,18-,21?/m0/s1. The third kappa shape index (κ3) is 3.75. The van der Waals surface area contributed by atoms with Crippen molar-refractivity contribution in [3.8, 4) is 0 Å². The van der Waals surface area contributed by atoms with E-state index in [-0.39, 0.29) is 17.3 Å². The Morgan fingerprint density at radius 1 is 1.38 bits per heavy atom. The van der Waals surface area contributed by atoms with E-state index in [1.807, 2.05) is 0 Å². The molecule has 2 bridgehead atoms. The third-order valence-electron chi connectivity index (χ3n) is 6.66. The summed E-state index contributed by atoms with van der Waals surface area (Å²) in [4.78, 5) is 20.9. The van der Waals surface area contributed by atoms with Crippen LogP contribution in [0.5, 0.6) is 0 Å².